The number of hydrogen-bond donors (Lipinski definition) is 0. The lowest BCUT2D eigenvalue weighted by Gasteiger charge is -2.33. The van der Waals surface area contributed by atoms with Crippen molar-refractivity contribution in [1.82, 2.24) is 24.4 Å². The van der Waals surface area contributed by atoms with Crippen LogP contribution in [0.2, 0.25) is 0 Å². The molecule has 2 aliphatic heterocycles. The number of carbonyl (C=O) groups is 1. The molecule has 1 atom stereocenters. The Morgan fingerprint density at radius 2 is 1.78 bits per heavy atom. The van der Waals surface area contributed by atoms with E-state index < -0.39 is 0 Å². The van der Waals surface area contributed by atoms with E-state index in [1.165, 1.54) is 0 Å². The fourth-order valence-electron chi connectivity index (χ4n) is 5.00. The van der Waals surface area contributed by atoms with Gasteiger partial charge in [-0.25, -0.2) is 9.98 Å². The van der Waals surface area contributed by atoms with Crippen LogP contribution < -0.4 is 4.90 Å². The molecule has 5 heterocycles. The Hall–Kier alpha value is -4.33. The van der Waals surface area contributed by atoms with Gasteiger partial charge in [0.1, 0.15) is 11.6 Å². The molecule has 2 aliphatic rings. The lowest BCUT2D eigenvalue weighted by Crippen LogP contribution is -2.50. The minimum atomic E-state index is -0.105. The van der Waals surface area contributed by atoms with E-state index in [0.29, 0.717) is 24.7 Å². The van der Waals surface area contributed by atoms with Crippen LogP contribution in [0.1, 0.15) is 36.8 Å². The van der Waals surface area contributed by atoms with Crippen LogP contribution in [0.25, 0.3) is 22.6 Å². The second-order valence-corrected chi connectivity index (χ2v) is 9.75. The van der Waals surface area contributed by atoms with Gasteiger partial charge in [0, 0.05) is 36.3 Å². The van der Waals surface area contributed by atoms with Gasteiger partial charge in [-0.3, -0.25) is 24.6 Å². The van der Waals surface area contributed by atoms with E-state index in [1.54, 1.807) is 17.3 Å². The summed E-state index contributed by atoms with van der Waals surface area (Å²) in [6.45, 7) is 8.18. The standard InChI is InChI=1S/C29H29N7O/c1-4-34-28(37)25-27(36-18-24(19(2)3)32-29(34)36)35(17-20-8-6-5-7-9-20)26(33-25)22-10-11-23(31-16-22)21-12-14-30-15-13-21/h5-16,19,24H,4,17-18H2,1-3H3/t24-/m0/s1. The van der Waals surface area contributed by atoms with Crippen molar-refractivity contribution in [3.05, 3.63) is 84.4 Å². The Morgan fingerprint density at radius 1 is 1.00 bits per heavy atom. The molecule has 1 aromatic carbocycles. The number of amides is 1. The summed E-state index contributed by atoms with van der Waals surface area (Å²) >= 11 is 0. The predicted molar refractivity (Wildman–Crippen MR) is 144 cm³/mol. The first-order chi connectivity index (χ1) is 18.0. The van der Waals surface area contributed by atoms with Crippen LogP contribution in [0.3, 0.4) is 0 Å². The molecule has 0 saturated carbocycles. The number of rotatable bonds is 6. The highest BCUT2D eigenvalue weighted by molar-refractivity contribution is 6.18. The van der Waals surface area contributed by atoms with Crippen LogP contribution in [0.5, 0.6) is 0 Å². The zero-order chi connectivity index (χ0) is 25.5. The molecule has 3 aromatic heterocycles. The molecule has 0 fully saturated rings. The number of benzene rings is 1. The minimum Gasteiger partial charge on any atom is -0.305 e. The molecular formula is C29H29N7O. The van der Waals surface area contributed by atoms with Gasteiger partial charge in [0.15, 0.2) is 5.69 Å². The highest BCUT2D eigenvalue weighted by atomic mass is 16.2. The number of fused-ring (bicyclic) bond motifs is 3. The molecule has 4 aromatic rings. The summed E-state index contributed by atoms with van der Waals surface area (Å²) in [5.41, 5.74) is 4.32. The summed E-state index contributed by atoms with van der Waals surface area (Å²) < 4.78 is 2.15. The van der Waals surface area contributed by atoms with Gasteiger partial charge in [-0.05, 0) is 42.7 Å². The van der Waals surface area contributed by atoms with E-state index in [-0.39, 0.29) is 11.9 Å². The molecule has 0 radical (unpaired) electrons. The lowest BCUT2D eigenvalue weighted by molar-refractivity contribution is 0.0841. The molecule has 6 rings (SSSR count). The summed E-state index contributed by atoms with van der Waals surface area (Å²) in [5, 5.41) is 0. The van der Waals surface area contributed by atoms with Crippen molar-refractivity contribution in [1.29, 1.82) is 0 Å². The molecule has 37 heavy (non-hydrogen) atoms. The number of imidazole rings is 1. The second-order valence-electron chi connectivity index (χ2n) is 9.75. The molecular weight excluding hydrogens is 462 g/mol. The van der Waals surface area contributed by atoms with Crippen molar-refractivity contribution in [2.75, 3.05) is 18.0 Å². The zero-order valence-corrected chi connectivity index (χ0v) is 21.2. The van der Waals surface area contributed by atoms with Crippen molar-refractivity contribution < 1.29 is 4.79 Å². The molecule has 0 spiro atoms. The van der Waals surface area contributed by atoms with Gasteiger partial charge in [0.2, 0.25) is 5.96 Å². The summed E-state index contributed by atoms with van der Waals surface area (Å²) in [5.74, 6) is 2.53. The van der Waals surface area contributed by atoms with E-state index in [2.05, 4.69) is 40.4 Å². The molecule has 0 N–H and O–H groups in total. The van der Waals surface area contributed by atoms with Crippen LogP contribution in [0, 0.1) is 5.92 Å². The van der Waals surface area contributed by atoms with Gasteiger partial charge in [0.05, 0.1) is 24.8 Å². The van der Waals surface area contributed by atoms with Crippen LogP contribution >= 0.6 is 0 Å². The maximum atomic E-state index is 13.7. The molecule has 186 valence electrons. The van der Waals surface area contributed by atoms with E-state index in [1.807, 2.05) is 55.6 Å². The average molecular weight is 492 g/mol. The van der Waals surface area contributed by atoms with Crippen molar-refractivity contribution >= 4 is 17.7 Å². The Balaban J connectivity index is 1.50. The van der Waals surface area contributed by atoms with Crippen molar-refractivity contribution in [2.45, 2.75) is 33.4 Å². The van der Waals surface area contributed by atoms with Crippen LogP contribution in [0.4, 0.5) is 5.82 Å². The lowest BCUT2D eigenvalue weighted by atomic mass is 10.1. The Kier molecular flexibility index (Phi) is 5.79. The summed E-state index contributed by atoms with van der Waals surface area (Å²) in [4.78, 5) is 36.4. The van der Waals surface area contributed by atoms with Crippen molar-refractivity contribution in [3.8, 4) is 22.6 Å². The largest absolute Gasteiger partial charge is 0.305 e. The first-order valence-corrected chi connectivity index (χ1v) is 12.7. The number of nitrogens with zero attached hydrogens (tertiary/aromatic N) is 7. The first kappa shape index (κ1) is 23.1. The fourth-order valence-corrected chi connectivity index (χ4v) is 5.00. The number of guanidine groups is 1. The summed E-state index contributed by atoms with van der Waals surface area (Å²) in [6, 6.07) is 18.3. The van der Waals surface area contributed by atoms with E-state index in [4.69, 9.17) is 15.0 Å². The number of anilines is 1. The third kappa shape index (κ3) is 3.98. The normalized spacial score (nSPS) is 16.7. The van der Waals surface area contributed by atoms with Crippen LogP contribution in [0.15, 0.2) is 78.2 Å². The third-order valence-corrected chi connectivity index (χ3v) is 7.05. The SMILES string of the molecule is CCN1C(=O)c2nc(-c3ccc(-c4ccncc4)nc3)n(Cc3ccccc3)c2N2C[C@@H](C(C)C)N=C12. The fraction of sp³-hybridized carbons (Fsp3) is 0.276. The molecule has 8 heteroatoms. The Morgan fingerprint density at radius 3 is 2.46 bits per heavy atom. The van der Waals surface area contributed by atoms with Gasteiger partial charge < -0.3 is 4.57 Å². The van der Waals surface area contributed by atoms with Crippen molar-refractivity contribution in [2.24, 2.45) is 10.9 Å². The number of pyridine rings is 2. The van der Waals surface area contributed by atoms with E-state index in [9.17, 15) is 4.79 Å². The monoisotopic (exact) mass is 491 g/mol. The molecule has 0 aliphatic carbocycles. The molecule has 0 unspecified atom stereocenters. The maximum Gasteiger partial charge on any atom is 0.283 e. The third-order valence-electron chi connectivity index (χ3n) is 7.05. The topological polar surface area (TPSA) is 79.5 Å². The minimum absolute atomic E-state index is 0.105. The molecule has 8 nitrogen and oxygen atoms in total. The number of aromatic nitrogens is 4. The second kappa shape index (κ2) is 9.28. The van der Waals surface area contributed by atoms with Crippen LogP contribution in [-0.4, -0.2) is 55.4 Å². The smallest absolute Gasteiger partial charge is 0.283 e. The average Bonchev–Trinajstić information content (AvgIpc) is 3.53. The number of hydrogen-bond acceptors (Lipinski definition) is 6. The predicted octanol–water partition coefficient (Wildman–Crippen LogP) is 4.73. The van der Waals surface area contributed by atoms with Gasteiger partial charge in [-0.15, -0.1) is 0 Å². The van der Waals surface area contributed by atoms with Gasteiger partial charge in [-0.1, -0.05) is 44.2 Å². The Labute approximate surface area is 216 Å². The summed E-state index contributed by atoms with van der Waals surface area (Å²) in [6.07, 6.45) is 5.36. The van der Waals surface area contributed by atoms with Crippen LogP contribution in [-0.2, 0) is 6.54 Å². The number of carbonyl (C=O) groups excluding carboxylic acids is 1. The Bertz CT molecular complexity index is 1460. The van der Waals surface area contributed by atoms with E-state index in [0.717, 1.165) is 46.5 Å². The molecule has 1 amide bonds. The summed E-state index contributed by atoms with van der Waals surface area (Å²) in [7, 11) is 0. The highest BCUT2D eigenvalue weighted by Crippen LogP contribution is 2.37. The maximum absolute atomic E-state index is 13.7. The first-order valence-electron chi connectivity index (χ1n) is 12.7. The zero-order valence-electron chi connectivity index (χ0n) is 21.2. The quantitative estimate of drug-likeness (QED) is 0.390. The highest BCUT2D eigenvalue weighted by Gasteiger charge is 2.44. The molecule has 0 saturated heterocycles. The number of aliphatic imine (C=N–C) groups is 1. The van der Waals surface area contributed by atoms with Gasteiger partial charge in [0.25, 0.3) is 5.91 Å². The van der Waals surface area contributed by atoms with Gasteiger partial charge >= 0.3 is 0 Å². The van der Waals surface area contributed by atoms with Gasteiger partial charge in [-0.2, -0.15) is 0 Å². The van der Waals surface area contributed by atoms with Crippen molar-refractivity contribution in [3.63, 3.8) is 0 Å². The van der Waals surface area contributed by atoms with E-state index >= 15 is 0 Å². The molecule has 0 bridgehead atoms.